The third kappa shape index (κ3) is 5.37. The Labute approximate surface area is 300 Å². The Kier molecular flexibility index (Phi) is 7.63. The van der Waals surface area contributed by atoms with Crippen LogP contribution < -0.4 is 16.0 Å². The first-order valence-corrected chi connectivity index (χ1v) is 17.0. The minimum atomic E-state index is 0.533. The summed E-state index contributed by atoms with van der Waals surface area (Å²) in [6.45, 7) is 5.40. The van der Waals surface area contributed by atoms with Crippen molar-refractivity contribution in [3.05, 3.63) is 170 Å². The molecule has 0 fully saturated rings. The molecule has 1 aliphatic heterocycles. The van der Waals surface area contributed by atoms with E-state index in [9.17, 15) is 0 Å². The Bertz CT molecular complexity index is 2610. The van der Waals surface area contributed by atoms with Crippen molar-refractivity contribution in [2.75, 3.05) is 22.5 Å². The smallest absolute Gasteiger partial charge is 0.164 e. The van der Waals surface area contributed by atoms with Crippen LogP contribution in [0.3, 0.4) is 0 Å². The minimum absolute atomic E-state index is 0.533. The maximum Gasteiger partial charge on any atom is 0.164 e. The summed E-state index contributed by atoms with van der Waals surface area (Å²) in [6.07, 6.45) is 7.70. The number of rotatable bonds is 8. The lowest BCUT2D eigenvalue weighted by Gasteiger charge is -2.28. The van der Waals surface area contributed by atoms with Gasteiger partial charge >= 0.3 is 0 Å². The number of hydrogen-bond donors (Lipinski definition) is 2. The minimum Gasteiger partial charge on any atom is -0.396 e. The van der Waals surface area contributed by atoms with E-state index in [0.29, 0.717) is 23.7 Å². The fraction of sp³-hybridized carbons (Fsp3) is 0.0233. The van der Waals surface area contributed by atoms with E-state index >= 15 is 0 Å². The van der Waals surface area contributed by atoms with Gasteiger partial charge in [-0.1, -0.05) is 67.3 Å². The molecule has 0 amide bonds. The quantitative estimate of drug-likeness (QED) is 0.166. The molecule has 0 bridgehead atoms. The zero-order chi connectivity index (χ0) is 35.0. The molecule has 0 atom stereocenters. The molecule has 9 rings (SSSR count). The molecule has 4 aromatic heterocycles. The molecule has 5 heterocycles. The third-order valence-corrected chi connectivity index (χ3v) is 9.11. The van der Waals surface area contributed by atoms with E-state index < -0.39 is 0 Å². The van der Waals surface area contributed by atoms with Crippen molar-refractivity contribution in [1.29, 1.82) is 0 Å². The van der Waals surface area contributed by atoms with Crippen LogP contribution in [0.2, 0.25) is 0 Å². The third-order valence-electron chi connectivity index (χ3n) is 9.11. The van der Waals surface area contributed by atoms with Crippen LogP contribution in [-0.4, -0.2) is 35.6 Å². The number of pyridine rings is 2. The number of fused-ring (bicyclic) bond motifs is 2. The molecule has 1 aliphatic rings. The monoisotopic (exact) mass is 675 g/mol. The lowest BCUT2D eigenvalue weighted by Crippen LogP contribution is -2.17. The molecule has 250 valence electrons. The number of nitrogen functional groups attached to an aromatic ring is 1. The molecule has 0 spiro atoms. The number of anilines is 4. The average molecular weight is 676 g/mol. The van der Waals surface area contributed by atoms with Gasteiger partial charge in [0.05, 0.1) is 5.69 Å². The van der Waals surface area contributed by atoms with Gasteiger partial charge in [-0.25, -0.2) is 19.9 Å². The summed E-state index contributed by atoms with van der Waals surface area (Å²) in [7, 11) is 0. The van der Waals surface area contributed by atoms with Crippen LogP contribution in [0.25, 0.3) is 57.1 Å². The van der Waals surface area contributed by atoms with Crippen LogP contribution >= 0.6 is 0 Å². The largest absolute Gasteiger partial charge is 0.396 e. The maximum atomic E-state index is 6.59. The van der Waals surface area contributed by atoms with Crippen LogP contribution in [0, 0.1) is 0 Å². The van der Waals surface area contributed by atoms with Crippen molar-refractivity contribution in [2.24, 2.45) is 0 Å². The normalized spacial score (nSPS) is 12.0. The molecule has 4 aromatic carbocycles. The van der Waals surface area contributed by atoms with Crippen LogP contribution in [0.1, 0.15) is 11.3 Å². The first-order chi connectivity index (χ1) is 25.6. The van der Waals surface area contributed by atoms with E-state index in [2.05, 4.69) is 69.1 Å². The van der Waals surface area contributed by atoms with E-state index in [-0.39, 0.29) is 0 Å². The Hall–Kier alpha value is -7.26. The second kappa shape index (κ2) is 12.9. The number of aromatic nitrogens is 6. The van der Waals surface area contributed by atoms with Gasteiger partial charge in [0.1, 0.15) is 28.7 Å². The Morgan fingerprint density at radius 2 is 1.33 bits per heavy atom. The van der Waals surface area contributed by atoms with Crippen molar-refractivity contribution >= 4 is 45.9 Å². The van der Waals surface area contributed by atoms with Crippen LogP contribution in [0.4, 0.5) is 23.0 Å². The predicted octanol–water partition coefficient (Wildman–Crippen LogP) is 9.17. The van der Waals surface area contributed by atoms with E-state index in [1.165, 1.54) is 0 Å². The van der Waals surface area contributed by atoms with Crippen molar-refractivity contribution < 1.29 is 0 Å². The number of imidazole rings is 2. The van der Waals surface area contributed by atoms with Gasteiger partial charge in [-0.2, -0.15) is 0 Å². The molecule has 0 saturated carbocycles. The first-order valence-electron chi connectivity index (χ1n) is 17.0. The van der Waals surface area contributed by atoms with Crippen molar-refractivity contribution in [3.63, 3.8) is 0 Å². The number of nitrogens with two attached hydrogens (primary N) is 1. The maximum absolute atomic E-state index is 6.59. The van der Waals surface area contributed by atoms with Crippen LogP contribution in [0.15, 0.2) is 159 Å². The van der Waals surface area contributed by atoms with Gasteiger partial charge in [-0.05, 0) is 90.5 Å². The van der Waals surface area contributed by atoms with Crippen LogP contribution in [-0.2, 0) is 0 Å². The second-order valence-electron chi connectivity index (χ2n) is 12.4. The Balaban J connectivity index is 1.33. The predicted molar refractivity (Wildman–Crippen MR) is 211 cm³/mol. The standard InChI is InChI=1S/C43H33N9/c1-29(50(33-14-5-2-6-15-33)41-36(44)20-11-23-45-41)30-26-31(39-48-37-21-12-24-46-42(37)51(39)34-16-7-3-8-17-34)28-32(27-30)40-49-38-22-13-25-47-43(38)52(40)35-18-9-4-10-19-35/h2-24,26-28,47H,1,25,44H2. The zero-order valence-electron chi connectivity index (χ0n) is 28.1. The van der Waals surface area contributed by atoms with E-state index in [4.69, 9.17) is 32.2 Å². The molecule has 0 unspecified atom stereocenters. The van der Waals surface area contributed by atoms with Gasteiger partial charge in [0.15, 0.2) is 11.5 Å². The van der Waals surface area contributed by atoms with Gasteiger partial charge in [-0.15, -0.1) is 0 Å². The summed E-state index contributed by atoms with van der Waals surface area (Å²) in [6, 6.07) is 44.5. The molecule has 3 N–H and O–H groups in total. The van der Waals surface area contributed by atoms with E-state index in [1.54, 1.807) is 12.4 Å². The number of hydrogen-bond acceptors (Lipinski definition) is 7. The summed E-state index contributed by atoms with van der Waals surface area (Å²) in [5.41, 5.74) is 15.6. The fourth-order valence-corrected chi connectivity index (χ4v) is 6.76. The first kappa shape index (κ1) is 30.8. The zero-order valence-corrected chi connectivity index (χ0v) is 28.1. The lowest BCUT2D eigenvalue weighted by molar-refractivity contribution is 1.05. The summed E-state index contributed by atoms with van der Waals surface area (Å²) in [5.74, 6) is 3.03. The topological polar surface area (TPSA) is 103 Å². The number of nitrogens with zero attached hydrogens (tertiary/aromatic N) is 7. The summed E-state index contributed by atoms with van der Waals surface area (Å²) in [4.78, 5) is 21.9. The molecule has 0 aliphatic carbocycles. The molecule has 0 radical (unpaired) electrons. The molecule has 52 heavy (non-hydrogen) atoms. The van der Waals surface area contributed by atoms with Gasteiger partial charge < -0.3 is 11.1 Å². The van der Waals surface area contributed by atoms with Crippen molar-refractivity contribution in [1.82, 2.24) is 29.1 Å². The lowest BCUT2D eigenvalue weighted by atomic mass is 10.0. The van der Waals surface area contributed by atoms with E-state index in [1.807, 2.05) is 95.9 Å². The van der Waals surface area contributed by atoms with Gasteiger partial charge in [-0.3, -0.25) is 14.0 Å². The van der Waals surface area contributed by atoms with Crippen molar-refractivity contribution in [3.8, 4) is 34.2 Å². The highest BCUT2D eigenvalue weighted by atomic mass is 15.2. The molecule has 9 nitrogen and oxygen atoms in total. The van der Waals surface area contributed by atoms with Gasteiger partial charge in [0, 0.05) is 52.8 Å². The molecule has 8 aromatic rings. The Morgan fingerprint density at radius 3 is 2.04 bits per heavy atom. The number of benzene rings is 4. The SMILES string of the molecule is C=C(c1cc(-c2nc3c(n2-c2ccccc2)NCC=C3)cc(-c2nc3cccnc3n2-c2ccccc2)c1)N(c1ccccc1)c1ncccc1N. The second-order valence-corrected chi connectivity index (χ2v) is 12.4. The number of nitrogens with one attached hydrogen (secondary N) is 1. The highest BCUT2D eigenvalue weighted by molar-refractivity contribution is 5.92. The summed E-state index contributed by atoms with van der Waals surface area (Å²) < 4.78 is 4.28. The summed E-state index contributed by atoms with van der Waals surface area (Å²) in [5, 5.41) is 3.56. The summed E-state index contributed by atoms with van der Waals surface area (Å²) >= 11 is 0. The van der Waals surface area contributed by atoms with Crippen LogP contribution in [0.5, 0.6) is 0 Å². The van der Waals surface area contributed by atoms with Gasteiger partial charge in [0.2, 0.25) is 0 Å². The highest BCUT2D eigenvalue weighted by Gasteiger charge is 2.25. The molecule has 0 saturated heterocycles. The molecular weight excluding hydrogens is 643 g/mol. The van der Waals surface area contributed by atoms with Crippen molar-refractivity contribution in [2.45, 2.75) is 0 Å². The Morgan fingerprint density at radius 1 is 0.692 bits per heavy atom. The average Bonchev–Trinajstić information content (AvgIpc) is 3.79. The molecular formula is C43H33N9. The van der Waals surface area contributed by atoms with E-state index in [0.717, 1.165) is 68.1 Å². The highest BCUT2D eigenvalue weighted by Crippen LogP contribution is 2.40. The van der Waals surface area contributed by atoms with Gasteiger partial charge in [0.25, 0.3) is 0 Å². The fourth-order valence-electron chi connectivity index (χ4n) is 6.76. The molecule has 9 heteroatoms. The number of para-hydroxylation sites is 3.